The molecule has 0 rings (SSSR count). The lowest BCUT2D eigenvalue weighted by Gasteiger charge is -2.03. The van der Waals surface area contributed by atoms with Crippen molar-refractivity contribution in [2.45, 2.75) is 90.3 Å². The second-order valence-corrected chi connectivity index (χ2v) is 6.67. The van der Waals surface area contributed by atoms with E-state index in [1.807, 2.05) is 0 Å². The van der Waals surface area contributed by atoms with Crippen LogP contribution in [0.2, 0.25) is 0 Å². The molecule has 0 aromatic rings. The van der Waals surface area contributed by atoms with Crippen molar-refractivity contribution in [2.75, 3.05) is 18.6 Å². The number of esters is 1. The Morgan fingerprint density at radius 2 is 1.52 bits per heavy atom. The normalized spacial score (nSPS) is 12.9. The van der Waals surface area contributed by atoms with Crippen LogP contribution in [0, 0.1) is 0 Å². The Labute approximate surface area is 139 Å². The molecule has 0 aliphatic heterocycles. The summed E-state index contributed by atoms with van der Waals surface area (Å²) in [7, 11) is 1.42. The van der Waals surface area contributed by atoms with Crippen molar-refractivity contribution in [2.24, 2.45) is 0 Å². The van der Waals surface area contributed by atoms with Crippen molar-refractivity contribution < 1.29 is 12.3 Å². The highest BCUT2D eigenvalue weighted by molar-refractivity contribution is 7.99. The molecule has 0 saturated heterocycles. The molecule has 0 amide bonds. The molecule has 0 fully saturated rings. The van der Waals surface area contributed by atoms with Crippen LogP contribution in [-0.4, -0.2) is 24.6 Å². The number of carbonyl (C=O) groups is 1. The average Bonchev–Trinajstić information content (AvgIpc) is 2.52. The maximum atomic E-state index is 11.0. The monoisotopic (exact) mass is 318 g/mol. The van der Waals surface area contributed by atoms with Gasteiger partial charge < -0.3 is 4.74 Å². The van der Waals surface area contributed by atoms with Crippen LogP contribution < -0.4 is 0 Å². The Hall–Kier alpha value is -0.180. The molecule has 0 atom stereocenters. The predicted molar refractivity (Wildman–Crippen MR) is 95.0 cm³/mol. The minimum Gasteiger partial charge on any atom is -0.469 e. The molecule has 0 aromatic carbocycles. The van der Waals surface area contributed by atoms with Gasteiger partial charge in [-0.05, 0) is 30.7 Å². The Kier molecular flexibility index (Phi) is 14.6. The van der Waals surface area contributed by atoms with E-state index in [1.165, 1.54) is 45.6 Å². The number of thioether (sulfide) groups is 1. The number of ether oxygens (including phenoxy) is 1. The van der Waals surface area contributed by atoms with Gasteiger partial charge in [0, 0.05) is 9.16 Å². The summed E-state index contributed by atoms with van der Waals surface area (Å²) >= 11 is 1.71. The standard InChI is InChI=1S/C18H36O2S/c1-3-4-5-6-7-8-9-10-13-16-21-17-14-11-12-15-18(19)20-2/h3-17H2,1-2H3/i13D2. The van der Waals surface area contributed by atoms with Crippen LogP contribution in [0.5, 0.6) is 0 Å². The molecule has 0 saturated carbocycles. The van der Waals surface area contributed by atoms with Gasteiger partial charge in [-0.1, -0.05) is 64.7 Å². The van der Waals surface area contributed by atoms with Crippen molar-refractivity contribution in [3.05, 3.63) is 0 Å². The number of methoxy groups -OCH3 is 1. The summed E-state index contributed by atoms with van der Waals surface area (Å²) in [5.74, 6) is 1.45. The first kappa shape index (κ1) is 17.2. The van der Waals surface area contributed by atoms with Crippen molar-refractivity contribution >= 4 is 17.7 Å². The first-order chi connectivity index (χ1) is 11.0. The highest BCUT2D eigenvalue weighted by Gasteiger charge is 1.99. The summed E-state index contributed by atoms with van der Waals surface area (Å²) in [4.78, 5) is 11.0. The van der Waals surface area contributed by atoms with E-state index in [4.69, 9.17) is 2.74 Å². The van der Waals surface area contributed by atoms with Gasteiger partial charge in [0.05, 0.1) is 7.11 Å². The van der Waals surface area contributed by atoms with E-state index in [0.717, 1.165) is 31.4 Å². The van der Waals surface area contributed by atoms with E-state index in [1.54, 1.807) is 11.8 Å². The van der Waals surface area contributed by atoms with Crippen LogP contribution in [0.4, 0.5) is 0 Å². The van der Waals surface area contributed by atoms with Gasteiger partial charge in [0.15, 0.2) is 0 Å². The lowest BCUT2D eigenvalue weighted by atomic mass is 10.1. The maximum absolute atomic E-state index is 11.0. The molecule has 0 aromatic heterocycles. The van der Waals surface area contributed by atoms with Crippen molar-refractivity contribution in [3.8, 4) is 0 Å². The number of carbonyl (C=O) groups excluding carboxylic acids is 1. The summed E-state index contributed by atoms with van der Waals surface area (Å²) < 4.78 is 20.7. The van der Waals surface area contributed by atoms with Gasteiger partial charge in [-0.15, -0.1) is 0 Å². The highest BCUT2D eigenvalue weighted by Crippen LogP contribution is 2.13. The highest BCUT2D eigenvalue weighted by atomic mass is 32.2. The molecule has 126 valence electrons. The summed E-state index contributed by atoms with van der Waals surface area (Å²) in [6.07, 6.45) is 11.8. The van der Waals surface area contributed by atoms with Gasteiger partial charge in [-0.3, -0.25) is 4.79 Å². The van der Waals surface area contributed by atoms with Crippen molar-refractivity contribution in [1.82, 2.24) is 0 Å². The smallest absolute Gasteiger partial charge is 0.305 e. The zero-order valence-corrected chi connectivity index (χ0v) is 14.9. The summed E-state index contributed by atoms with van der Waals surface area (Å²) in [6.45, 7) is 2.23. The summed E-state index contributed by atoms with van der Waals surface area (Å²) in [5, 5.41) is 0. The fourth-order valence-electron chi connectivity index (χ4n) is 2.18. The van der Waals surface area contributed by atoms with Crippen LogP contribution in [0.3, 0.4) is 0 Å². The van der Waals surface area contributed by atoms with Crippen molar-refractivity contribution in [1.29, 1.82) is 0 Å². The second kappa shape index (κ2) is 17.9. The SMILES string of the molecule is [2H]C([2H])(CCCCCCCCC)CSCCCCCC(=O)OC. The molecular formula is C18H36O2S. The molecule has 21 heavy (non-hydrogen) atoms. The van der Waals surface area contributed by atoms with Gasteiger partial charge in [0.25, 0.3) is 0 Å². The Morgan fingerprint density at radius 1 is 0.905 bits per heavy atom. The first-order valence-corrected chi connectivity index (χ1v) is 9.82. The number of hydrogen-bond donors (Lipinski definition) is 0. The molecule has 0 N–H and O–H groups in total. The minimum atomic E-state index is -1.03. The van der Waals surface area contributed by atoms with Gasteiger partial charge in [0.2, 0.25) is 0 Å². The van der Waals surface area contributed by atoms with Gasteiger partial charge in [0.1, 0.15) is 0 Å². The molecule has 0 spiro atoms. The number of rotatable bonds is 16. The lowest BCUT2D eigenvalue weighted by molar-refractivity contribution is -0.140. The van der Waals surface area contributed by atoms with Crippen molar-refractivity contribution in [3.63, 3.8) is 0 Å². The third kappa shape index (κ3) is 17.8. The third-order valence-electron chi connectivity index (χ3n) is 3.56. The largest absolute Gasteiger partial charge is 0.469 e. The lowest BCUT2D eigenvalue weighted by Crippen LogP contribution is -1.99. The zero-order chi connectivity index (χ0) is 17.4. The predicted octanol–water partition coefficient (Wildman–Crippen LogP) is 5.98. The minimum absolute atomic E-state index is 0.135. The van der Waals surface area contributed by atoms with E-state index in [0.29, 0.717) is 18.6 Å². The van der Waals surface area contributed by atoms with Crippen LogP contribution >= 0.6 is 11.8 Å². The zero-order valence-electron chi connectivity index (χ0n) is 16.1. The molecule has 3 heteroatoms. The maximum Gasteiger partial charge on any atom is 0.305 e. The van der Waals surface area contributed by atoms with Crippen LogP contribution in [-0.2, 0) is 9.53 Å². The number of hydrogen-bond acceptors (Lipinski definition) is 3. The summed E-state index contributed by atoms with van der Waals surface area (Å²) in [6, 6.07) is 0. The summed E-state index contributed by atoms with van der Waals surface area (Å²) in [5.41, 5.74) is 0. The molecule has 0 aliphatic rings. The third-order valence-corrected chi connectivity index (χ3v) is 4.54. The fraction of sp³-hybridized carbons (Fsp3) is 0.944. The van der Waals surface area contributed by atoms with Crippen LogP contribution in [0.25, 0.3) is 0 Å². The van der Waals surface area contributed by atoms with Crippen LogP contribution in [0.1, 0.15) is 93.1 Å². The van der Waals surface area contributed by atoms with Gasteiger partial charge in [-0.2, -0.15) is 11.8 Å². The Balaban J connectivity index is 3.41. The van der Waals surface area contributed by atoms with Crippen LogP contribution in [0.15, 0.2) is 0 Å². The van der Waals surface area contributed by atoms with E-state index < -0.39 is 6.37 Å². The molecule has 0 unspecified atom stereocenters. The molecule has 0 heterocycles. The molecule has 0 radical (unpaired) electrons. The quantitative estimate of drug-likeness (QED) is 0.258. The second-order valence-electron chi connectivity index (χ2n) is 5.56. The number of unbranched alkanes of at least 4 members (excludes halogenated alkanes) is 8. The topological polar surface area (TPSA) is 26.3 Å². The first-order valence-electron chi connectivity index (χ1n) is 9.66. The van der Waals surface area contributed by atoms with Gasteiger partial charge >= 0.3 is 5.97 Å². The average molecular weight is 319 g/mol. The van der Waals surface area contributed by atoms with E-state index >= 15 is 0 Å². The van der Waals surface area contributed by atoms with Gasteiger partial charge in [-0.25, -0.2) is 0 Å². The Morgan fingerprint density at radius 3 is 2.19 bits per heavy atom. The molecular weight excluding hydrogens is 280 g/mol. The van der Waals surface area contributed by atoms with E-state index in [-0.39, 0.29) is 5.97 Å². The fourth-order valence-corrected chi connectivity index (χ4v) is 3.02. The molecule has 0 aliphatic carbocycles. The molecule has 2 nitrogen and oxygen atoms in total. The van der Waals surface area contributed by atoms with E-state index in [9.17, 15) is 4.79 Å². The molecule has 0 bridgehead atoms. The van der Waals surface area contributed by atoms with E-state index in [2.05, 4.69) is 11.7 Å². The Bertz CT molecular complexity index is 286.